The van der Waals surface area contributed by atoms with Crippen LogP contribution in [-0.2, 0) is 30.5 Å². The molecule has 2 aromatic rings. The Balaban J connectivity index is 0. The maximum atomic E-state index is 10.7. The molecule has 47 heavy (non-hydrogen) atoms. The number of alkyl halides is 3. The largest absolute Gasteiger partial charge is 0.522 e. The minimum atomic E-state index is -5.84. The molecule has 0 bridgehead atoms. The van der Waals surface area contributed by atoms with E-state index >= 15 is 0 Å². The Morgan fingerprint density at radius 1 is 0.809 bits per heavy atom. The van der Waals surface area contributed by atoms with Crippen molar-refractivity contribution in [2.45, 2.75) is 124 Å². The molecule has 0 aromatic heterocycles. The van der Waals surface area contributed by atoms with Crippen molar-refractivity contribution in [3.8, 4) is 35.0 Å². The van der Waals surface area contributed by atoms with Gasteiger partial charge in [0.15, 0.2) is 0 Å². The van der Waals surface area contributed by atoms with Crippen molar-refractivity contribution in [1.82, 2.24) is 0 Å². The molecule has 2 rings (SSSR count). The number of methoxy groups -OCH3 is 2. The summed E-state index contributed by atoms with van der Waals surface area (Å²) in [6.45, 7) is 29.8. The molecule has 0 unspecified atom stereocenters. The number of terminal acetylenes is 1. The zero-order valence-electron chi connectivity index (χ0n) is 30.5. The first kappa shape index (κ1) is 47.4. The molecule has 0 spiro atoms. The van der Waals surface area contributed by atoms with E-state index in [-0.39, 0.29) is 30.7 Å². The van der Waals surface area contributed by atoms with Crippen LogP contribution in [0.2, 0.25) is 0 Å². The van der Waals surface area contributed by atoms with Crippen LogP contribution in [-0.4, -0.2) is 43.0 Å². The summed E-state index contributed by atoms with van der Waals surface area (Å²) >= 11 is 0. The van der Waals surface area contributed by atoms with Gasteiger partial charge in [-0.25, -0.2) is 6.42 Å². The number of ether oxygens (including phenoxy) is 2. The Hall–Kier alpha value is -1.74. The summed E-state index contributed by atoms with van der Waals surface area (Å²) in [6.07, 6.45) is 7.12. The Morgan fingerprint density at radius 2 is 1.15 bits per heavy atom. The van der Waals surface area contributed by atoms with Crippen LogP contribution in [0.4, 0.5) is 13.2 Å². The molecule has 0 atom stereocenters. The zero-order chi connectivity index (χ0) is 36.6. The molecule has 0 saturated carbocycles. The summed E-state index contributed by atoms with van der Waals surface area (Å²) in [4.78, 5) is 0. The van der Waals surface area contributed by atoms with Crippen LogP contribution in [0.5, 0.6) is 11.5 Å². The molecule has 0 fully saturated rings. The van der Waals surface area contributed by atoms with Crippen LogP contribution in [0.15, 0.2) is 24.3 Å². The maximum Gasteiger partial charge on any atom is 0.522 e. The summed E-state index contributed by atoms with van der Waals surface area (Å²) in [6, 6.07) is 9.09. The smallest absolute Gasteiger partial charge is 0.496 e. The molecule has 1 radical (unpaired) electrons. The van der Waals surface area contributed by atoms with Gasteiger partial charge in [0.2, 0.25) is 0 Å². The number of hydrogen-bond acceptors (Lipinski definition) is 4. The van der Waals surface area contributed by atoms with E-state index in [1.165, 1.54) is 33.1 Å². The third-order valence-electron chi connectivity index (χ3n) is 6.93. The van der Waals surface area contributed by atoms with Gasteiger partial charge in [-0.05, 0) is 62.5 Å². The van der Waals surface area contributed by atoms with E-state index in [0.717, 1.165) is 11.5 Å². The minimum Gasteiger partial charge on any atom is -0.496 e. The number of hydrogen-bond donors (Lipinski definition) is 1. The molecule has 0 heterocycles. The third kappa shape index (κ3) is 13.2. The fraction of sp³-hybridized carbons (Fsp3) is 0.583. The van der Waals surface area contributed by atoms with Crippen LogP contribution in [0, 0.1) is 18.8 Å². The van der Waals surface area contributed by atoms with E-state index in [4.69, 9.17) is 22.4 Å². The van der Waals surface area contributed by atoms with Gasteiger partial charge in [-0.2, -0.15) is 21.6 Å². The Morgan fingerprint density at radius 3 is 1.38 bits per heavy atom. The van der Waals surface area contributed by atoms with Crippen molar-refractivity contribution in [3.63, 3.8) is 0 Å². The van der Waals surface area contributed by atoms with Gasteiger partial charge in [0, 0.05) is 31.3 Å². The molecule has 0 aliphatic carbocycles. The molecule has 0 amide bonds. The minimum absolute atomic E-state index is 0. The maximum absolute atomic E-state index is 10.7. The monoisotopic (exact) mass is 792 g/mol. The van der Waals surface area contributed by atoms with Crippen LogP contribution < -0.4 is 14.8 Å². The number of halogens is 3. The average Bonchev–Trinajstić information content (AvgIpc) is 2.89. The molecule has 1 N–H and O–H groups in total. The van der Waals surface area contributed by atoms with Crippen molar-refractivity contribution in [1.29, 1.82) is 0 Å². The Kier molecular flexibility index (Phi) is 19.0. The van der Waals surface area contributed by atoms with Crippen molar-refractivity contribution in [3.05, 3.63) is 47.4 Å². The Labute approximate surface area is 298 Å². The van der Waals surface area contributed by atoms with E-state index in [1.54, 1.807) is 14.0 Å². The van der Waals surface area contributed by atoms with Crippen LogP contribution >= 0.6 is 7.92 Å². The fourth-order valence-corrected chi connectivity index (χ4v) is 9.46. The third-order valence-corrected chi connectivity index (χ3v) is 11.1. The second-order valence-corrected chi connectivity index (χ2v) is 18.9. The van der Waals surface area contributed by atoms with E-state index < -0.39 is 23.5 Å². The van der Waals surface area contributed by atoms with Gasteiger partial charge >= 0.3 is 15.6 Å². The van der Waals surface area contributed by atoms with E-state index in [1.807, 2.05) is 7.11 Å². The Bertz CT molecular complexity index is 1390. The van der Waals surface area contributed by atoms with Crippen LogP contribution in [0.1, 0.15) is 124 Å². The van der Waals surface area contributed by atoms with Gasteiger partial charge in [-0.1, -0.05) is 103 Å². The van der Waals surface area contributed by atoms with Gasteiger partial charge in [-0.3, -0.25) is 4.55 Å². The van der Waals surface area contributed by atoms with Gasteiger partial charge < -0.3 is 21.8 Å². The molecule has 0 aliphatic heterocycles. The van der Waals surface area contributed by atoms with Crippen LogP contribution in [0.3, 0.4) is 0 Å². The van der Waals surface area contributed by atoms with E-state index in [2.05, 4.69) is 126 Å². The van der Waals surface area contributed by atoms with E-state index in [0.29, 0.717) is 17.8 Å². The average molecular weight is 793 g/mol. The van der Waals surface area contributed by atoms with E-state index in [9.17, 15) is 13.2 Å². The summed E-state index contributed by atoms with van der Waals surface area (Å²) in [5.41, 5.74) is 1.27. The first-order valence-electron chi connectivity index (χ1n) is 15.1. The first-order chi connectivity index (χ1) is 20.7. The SMILES string of the molecule is C#C[C-]C.COc1ccc(OC)c(P(C(C)(C)C)C(C)(C)C)c1-c1c(C(C)C)cc(C(C)C)cc1C(C)C.O=S(=O)(O)C(F)(F)F.[Pd]. The van der Waals surface area contributed by atoms with Crippen molar-refractivity contribution >= 4 is 23.3 Å². The van der Waals surface area contributed by atoms with Crippen molar-refractivity contribution < 1.29 is 56.0 Å². The first-order valence-corrected chi connectivity index (χ1v) is 17.9. The standard InChI is InChI=1S/C31H49O2P.C4H4.CHF3O3S.Pd/c1-19(2)22-17-23(20(3)4)27(24(18-22)21(5)6)28-25(32-13)15-16-26(33-14)29(28)34(30(7,8)9)31(10,11)12;1-3-4-2;2-1(3,4)8(5,6)7;/h15-21H,1-14H3;1H,2H3;(H,5,6,7);/q;-1;;. The predicted molar refractivity (Wildman–Crippen MR) is 189 cm³/mol. The number of benzene rings is 2. The topological polar surface area (TPSA) is 72.8 Å². The normalized spacial score (nSPS) is 12.0. The molecule has 271 valence electrons. The zero-order valence-corrected chi connectivity index (χ0v) is 33.8. The summed E-state index contributed by atoms with van der Waals surface area (Å²) < 4.78 is 69.8. The fourth-order valence-electron chi connectivity index (χ4n) is 5.27. The molecule has 5 nitrogen and oxygen atoms in total. The van der Waals surface area contributed by atoms with Gasteiger partial charge in [0.25, 0.3) is 0 Å². The molecular weight excluding hydrogens is 739 g/mol. The van der Waals surface area contributed by atoms with Gasteiger partial charge in [-0.15, -0.1) is 6.92 Å². The van der Waals surface area contributed by atoms with Gasteiger partial charge in [0.1, 0.15) is 11.5 Å². The molecule has 0 saturated heterocycles. The summed E-state index contributed by atoms with van der Waals surface area (Å²) in [7, 11) is -2.85. The summed E-state index contributed by atoms with van der Waals surface area (Å²) in [5.74, 6) is 5.37. The van der Waals surface area contributed by atoms with Crippen molar-refractivity contribution in [2.75, 3.05) is 14.2 Å². The van der Waals surface area contributed by atoms with Gasteiger partial charge in [0.05, 0.1) is 14.2 Å². The quantitative estimate of drug-likeness (QED) is 0.0755. The second kappa shape index (κ2) is 18.9. The molecular formula is C36H54F3O5PPdS-. The number of rotatable bonds is 7. The second-order valence-electron chi connectivity index (χ2n) is 13.7. The predicted octanol–water partition coefficient (Wildman–Crippen LogP) is 10.6. The molecule has 0 aliphatic rings. The van der Waals surface area contributed by atoms with Crippen LogP contribution in [0.25, 0.3) is 11.1 Å². The summed E-state index contributed by atoms with van der Waals surface area (Å²) in [5, 5.41) is 1.52. The van der Waals surface area contributed by atoms with Crippen molar-refractivity contribution in [2.24, 2.45) is 0 Å². The molecule has 2 aromatic carbocycles. The molecule has 11 heteroatoms.